The van der Waals surface area contributed by atoms with E-state index in [1.807, 2.05) is 0 Å². The molecule has 0 saturated carbocycles. The highest BCUT2D eigenvalue weighted by molar-refractivity contribution is 5.89. The molecule has 3 aromatic carbocycles. The Bertz CT molecular complexity index is 2710. The molecule has 0 amide bonds. The molecule has 3 saturated heterocycles. The zero-order valence-electron chi connectivity index (χ0n) is 39.9. The van der Waals surface area contributed by atoms with Gasteiger partial charge in [-0.25, -0.2) is 9.21 Å². The van der Waals surface area contributed by atoms with Gasteiger partial charge in [0.1, 0.15) is 103 Å². The van der Waals surface area contributed by atoms with Gasteiger partial charge in [0.2, 0.25) is 24.1 Å². The van der Waals surface area contributed by atoms with Crippen LogP contribution in [0.25, 0.3) is 28.4 Å². The van der Waals surface area contributed by atoms with Gasteiger partial charge in [0.05, 0.1) is 45.3 Å². The first kappa shape index (κ1) is 56.8. The van der Waals surface area contributed by atoms with Gasteiger partial charge in [0.15, 0.2) is 29.3 Å². The predicted molar refractivity (Wildman–Crippen MR) is 247 cm³/mol. The maximum Gasteiger partial charge on any atom is 0.402 e. The van der Waals surface area contributed by atoms with E-state index in [1.54, 1.807) is 0 Å². The van der Waals surface area contributed by atoms with Gasteiger partial charge in [-0.05, 0) is 35.9 Å². The van der Waals surface area contributed by atoms with E-state index in [0.29, 0.717) is 5.56 Å². The number of benzene rings is 3. The number of hydrogen-bond donors (Lipinski definition) is 14. The summed E-state index contributed by atoms with van der Waals surface area (Å²) in [7, 11) is 2.61. The monoisotopic (exact) mass is 1080 g/mol. The summed E-state index contributed by atoms with van der Waals surface area (Å²) in [6, 6.07) is 9.42. The number of fused-ring (bicyclic) bond motifs is 1. The van der Waals surface area contributed by atoms with E-state index in [-0.39, 0.29) is 45.3 Å². The quantitative estimate of drug-likeness (QED) is 0.0211. The highest BCUT2D eigenvalue weighted by Gasteiger charge is 2.50. The Morgan fingerprint density at radius 3 is 1.68 bits per heavy atom. The average Bonchev–Trinajstić information content (AvgIpc) is 3.40. The minimum Gasteiger partial charge on any atom is -0.507 e. The third-order valence-corrected chi connectivity index (χ3v) is 12.2. The largest absolute Gasteiger partial charge is 0.507 e. The van der Waals surface area contributed by atoms with Gasteiger partial charge in [-0.15, -0.1) is 0 Å². The Balaban J connectivity index is 1.09. The molecular weight excluding hydrogens is 1020 g/mol. The van der Waals surface area contributed by atoms with Crippen LogP contribution in [0, 0.1) is 0 Å². The number of hydrogen-bond acceptors (Lipinski definition) is 26. The molecule has 0 bridgehead atoms. The summed E-state index contributed by atoms with van der Waals surface area (Å²) < 4.78 is 61.3. The number of ether oxygens (including phenoxy) is 10. The van der Waals surface area contributed by atoms with Crippen LogP contribution in [0.4, 0.5) is 0 Å². The fourth-order valence-corrected chi connectivity index (χ4v) is 8.00. The van der Waals surface area contributed by atoms with Crippen LogP contribution >= 0.6 is 0 Å². The summed E-state index contributed by atoms with van der Waals surface area (Å²) in [5.74, 6) is -6.23. The lowest BCUT2D eigenvalue weighted by molar-refractivity contribution is -0.323. The topological polar surface area (TPSA) is 438 Å². The average molecular weight is 1080 g/mol. The van der Waals surface area contributed by atoms with Gasteiger partial charge in [0, 0.05) is 24.3 Å². The molecule has 414 valence electrons. The highest BCUT2D eigenvalue weighted by Crippen LogP contribution is 2.44. The van der Waals surface area contributed by atoms with Crippen molar-refractivity contribution >= 4 is 35.0 Å². The first-order valence-electron chi connectivity index (χ1n) is 23.0. The van der Waals surface area contributed by atoms with Crippen molar-refractivity contribution in [1.82, 2.24) is 0 Å². The van der Waals surface area contributed by atoms with Crippen LogP contribution in [-0.2, 0) is 42.8 Å². The van der Waals surface area contributed by atoms with E-state index in [2.05, 4.69) is 0 Å². The highest BCUT2D eigenvalue weighted by atomic mass is 16.7. The fourth-order valence-electron chi connectivity index (χ4n) is 8.00. The van der Waals surface area contributed by atoms with Crippen molar-refractivity contribution in [2.45, 2.75) is 105 Å². The van der Waals surface area contributed by atoms with Crippen molar-refractivity contribution in [2.75, 3.05) is 34.0 Å². The number of aliphatic hydroxyl groups is 9. The molecule has 0 spiro atoms. The number of aliphatic carboxylic acids is 1. The number of carbonyl (C=O) groups is 3. The zero-order chi connectivity index (χ0) is 55.3. The molecule has 4 heterocycles. The molecular formula is C48H55O28+. The van der Waals surface area contributed by atoms with Crippen molar-refractivity contribution in [3.8, 4) is 57.3 Å². The second kappa shape index (κ2) is 24.4. The number of phenols is 4. The van der Waals surface area contributed by atoms with E-state index >= 15 is 0 Å². The van der Waals surface area contributed by atoms with Crippen LogP contribution < -0.4 is 18.9 Å². The van der Waals surface area contributed by atoms with Crippen molar-refractivity contribution in [2.24, 2.45) is 0 Å². The standard InChI is InChI=1S/C48H54O28/c1-66-26-9-18(10-27(67-2)35(26)56)3-7-33(54)68-15-29-36(57)39(60)42(63)46(74-29)70-17-31-38(59)41(62)44(65)48(76-31)73-28-14-21-24(71-45(28)19-4-5-22(50)23(51)11-19)12-20(49)13-25(21)72-47-43(64)40(61)37(58)30(75-47)16-69-34(55)8-6-32(52)53/h3-5,7,9-14,29-31,36-44,46-48,57-65H,6,8,15-17H2,1-2H3,(H4-,49,50,51,52,53,54,56)/p+1/t29-,30-,31-,36-,37-,38-,39+,40+,41+,42-,43-,44-,46-,47-,48-/m1/s1. The van der Waals surface area contributed by atoms with Crippen LogP contribution in [0.3, 0.4) is 0 Å². The first-order chi connectivity index (χ1) is 36.1. The smallest absolute Gasteiger partial charge is 0.402 e. The van der Waals surface area contributed by atoms with E-state index in [0.717, 1.165) is 36.4 Å². The molecule has 0 unspecified atom stereocenters. The summed E-state index contributed by atoms with van der Waals surface area (Å²) >= 11 is 0. The van der Waals surface area contributed by atoms with Gasteiger partial charge in [-0.3, -0.25) is 9.59 Å². The number of carboxylic acid groups (broad SMARTS) is 1. The Hall–Kier alpha value is -6.90. The molecule has 0 radical (unpaired) electrons. The summed E-state index contributed by atoms with van der Waals surface area (Å²) in [6.07, 6.45) is -26.9. The Morgan fingerprint density at radius 2 is 1.12 bits per heavy atom. The lowest BCUT2D eigenvalue weighted by Gasteiger charge is -2.42. The number of carboxylic acids is 1. The maximum absolute atomic E-state index is 12.7. The van der Waals surface area contributed by atoms with Gasteiger partial charge in [0.25, 0.3) is 0 Å². The molecule has 1 aromatic heterocycles. The van der Waals surface area contributed by atoms with Crippen molar-refractivity contribution in [3.63, 3.8) is 0 Å². The number of esters is 2. The molecule has 28 heteroatoms. The minimum atomic E-state index is -2.08. The number of rotatable bonds is 19. The van der Waals surface area contributed by atoms with Crippen LogP contribution in [0.5, 0.6) is 46.0 Å². The first-order valence-corrected chi connectivity index (χ1v) is 23.0. The molecule has 15 atom stereocenters. The van der Waals surface area contributed by atoms with E-state index in [1.165, 1.54) is 38.5 Å². The fraction of sp³-hybridized carbons (Fsp3) is 0.458. The van der Waals surface area contributed by atoms with E-state index in [4.69, 9.17) is 56.9 Å². The van der Waals surface area contributed by atoms with Crippen molar-refractivity contribution in [3.05, 3.63) is 60.2 Å². The van der Waals surface area contributed by atoms with Crippen LogP contribution in [0.15, 0.2) is 59.0 Å². The third kappa shape index (κ3) is 12.8. The second-order valence-corrected chi connectivity index (χ2v) is 17.4. The van der Waals surface area contributed by atoms with Gasteiger partial charge in [-0.1, -0.05) is 0 Å². The molecule has 14 N–H and O–H groups in total. The Morgan fingerprint density at radius 1 is 0.579 bits per heavy atom. The lowest BCUT2D eigenvalue weighted by atomic mass is 9.98. The van der Waals surface area contributed by atoms with Gasteiger partial charge in [-0.2, -0.15) is 0 Å². The van der Waals surface area contributed by atoms with Gasteiger partial charge < -0.3 is 119 Å². The van der Waals surface area contributed by atoms with Crippen LogP contribution in [0.2, 0.25) is 0 Å². The normalized spacial score (nSPS) is 29.6. The van der Waals surface area contributed by atoms with Crippen molar-refractivity contribution in [1.29, 1.82) is 0 Å². The Labute approximate surface area is 428 Å². The summed E-state index contributed by atoms with van der Waals surface area (Å²) in [5, 5.41) is 148. The molecule has 3 aliphatic heterocycles. The number of aromatic hydroxyl groups is 4. The summed E-state index contributed by atoms with van der Waals surface area (Å²) in [5.41, 5.74) is 0.120. The lowest BCUT2D eigenvalue weighted by Crippen LogP contribution is -2.62. The van der Waals surface area contributed by atoms with Crippen LogP contribution in [-0.4, -0.2) is 216 Å². The third-order valence-electron chi connectivity index (χ3n) is 12.2. The number of phenolic OH excluding ortho intramolecular Hbond substituents is 4. The summed E-state index contributed by atoms with van der Waals surface area (Å²) in [6.45, 7) is -2.22. The number of methoxy groups -OCH3 is 2. The second-order valence-electron chi connectivity index (χ2n) is 17.4. The van der Waals surface area contributed by atoms with Crippen molar-refractivity contribution < 1.29 is 138 Å². The molecule has 4 aromatic rings. The minimum absolute atomic E-state index is 0.0215. The Kier molecular flexibility index (Phi) is 18.2. The zero-order valence-corrected chi connectivity index (χ0v) is 39.9. The predicted octanol–water partition coefficient (Wildman–Crippen LogP) is -1.92. The van der Waals surface area contributed by atoms with E-state index < -0.39 is 166 Å². The number of aliphatic hydroxyl groups excluding tert-OH is 9. The molecule has 3 aliphatic rings. The SMILES string of the molecule is COc1cc(C=CC(=O)OC[C@H]2O[C@@H](OC[C@H]3O[C@@H](Oc4cc5c(O[C@@H]6O[C@H](COC(=O)CCC(=O)O)[C@@H](O)[C@H](O)[C@H]6O)cc(O)cc5[o+]c4-c4ccc(O)c(O)c4)[C@H](O)[C@@H](O)[C@@H]3O)[C@H](O)[C@@H](O)[C@@H]2O)cc(OC)c1O. The number of carbonyl (C=O) groups excluding carboxylic acids is 2. The molecule has 76 heavy (non-hydrogen) atoms. The molecule has 7 rings (SSSR count). The molecule has 0 aliphatic carbocycles. The summed E-state index contributed by atoms with van der Waals surface area (Å²) in [4.78, 5) is 35.7. The molecule has 3 fully saturated rings. The molecule has 28 nitrogen and oxygen atoms in total. The maximum atomic E-state index is 12.7. The van der Waals surface area contributed by atoms with Gasteiger partial charge >= 0.3 is 29.3 Å². The van der Waals surface area contributed by atoms with Crippen LogP contribution in [0.1, 0.15) is 18.4 Å². The van der Waals surface area contributed by atoms with E-state index in [9.17, 15) is 80.8 Å².